The molecule has 0 amide bonds. The number of nitrogens with one attached hydrogen (secondary N) is 1. The van der Waals surface area contributed by atoms with Gasteiger partial charge in [0, 0.05) is 25.2 Å². The van der Waals surface area contributed by atoms with E-state index in [1.54, 1.807) is 29.6 Å². The Morgan fingerprint density at radius 2 is 1.75 bits per heavy atom. The van der Waals surface area contributed by atoms with Crippen molar-refractivity contribution in [1.29, 1.82) is 0 Å². The molecular formula is C19H18N4O. The molecule has 0 aliphatic rings. The molecule has 0 aliphatic heterocycles. The van der Waals surface area contributed by atoms with Crippen LogP contribution in [0.5, 0.6) is 0 Å². The molecule has 2 aromatic carbocycles. The molecule has 2 heterocycles. The van der Waals surface area contributed by atoms with Crippen molar-refractivity contribution in [2.45, 2.75) is 6.92 Å². The number of fused-ring (bicyclic) bond motifs is 1. The predicted octanol–water partition coefficient (Wildman–Crippen LogP) is 3.24. The Hall–Kier alpha value is -3.08. The van der Waals surface area contributed by atoms with E-state index >= 15 is 0 Å². The third-order valence-corrected chi connectivity index (χ3v) is 4.49. The Morgan fingerprint density at radius 1 is 0.958 bits per heavy atom. The van der Waals surface area contributed by atoms with E-state index in [4.69, 9.17) is 0 Å². The molecule has 0 fully saturated rings. The third kappa shape index (κ3) is 2.09. The van der Waals surface area contributed by atoms with Crippen molar-refractivity contribution in [3.05, 3.63) is 64.8 Å². The van der Waals surface area contributed by atoms with E-state index in [2.05, 4.69) is 35.1 Å². The Morgan fingerprint density at radius 3 is 2.54 bits per heavy atom. The number of aromatic nitrogens is 4. The third-order valence-electron chi connectivity index (χ3n) is 4.49. The Kier molecular flexibility index (Phi) is 3.16. The molecule has 5 heteroatoms. The highest BCUT2D eigenvalue weighted by atomic mass is 16.1. The normalized spacial score (nSPS) is 11.3. The molecule has 24 heavy (non-hydrogen) atoms. The van der Waals surface area contributed by atoms with E-state index in [1.165, 1.54) is 5.56 Å². The zero-order valence-corrected chi connectivity index (χ0v) is 13.9. The maximum Gasteiger partial charge on any atom is 0.328 e. The first-order valence-electron chi connectivity index (χ1n) is 7.82. The summed E-state index contributed by atoms with van der Waals surface area (Å²) >= 11 is 0. The molecule has 0 saturated carbocycles. The lowest BCUT2D eigenvalue weighted by Crippen LogP contribution is -2.19. The largest absolute Gasteiger partial charge is 0.344 e. The first kappa shape index (κ1) is 14.5. The highest BCUT2D eigenvalue weighted by molar-refractivity contribution is 5.86. The van der Waals surface area contributed by atoms with Gasteiger partial charge in [0.15, 0.2) is 0 Å². The quantitative estimate of drug-likeness (QED) is 0.617. The molecule has 0 spiro atoms. The molecule has 0 radical (unpaired) electrons. The van der Waals surface area contributed by atoms with Crippen molar-refractivity contribution in [3.8, 4) is 22.5 Å². The number of hydrogen-bond acceptors (Lipinski definition) is 2. The maximum absolute atomic E-state index is 12.1. The molecule has 0 atom stereocenters. The zero-order chi connectivity index (χ0) is 16.8. The number of aryl methyl sites for hydroxylation is 3. The average molecular weight is 318 g/mol. The minimum absolute atomic E-state index is 0.0225. The lowest BCUT2D eigenvalue weighted by Gasteiger charge is -2.05. The minimum atomic E-state index is -0.0225. The first-order valence-corrected chi connectivity index (χ1v) is 7.82. The molecule has 0 unspecified atom stereocenters. The van der Waals surface area contributed by atoms with Crippen LogP contribution >= 0.6 is 0 Å². The summed E-state index contributed by atoms with van der Waals surface area (Å²) in [5, 5.41) is 0. The number of imidazole rings is 2. The summed E-state index contributed by atoms with van der Waals surface area (Å²) in [6, 6.07) is 14.3. The fourth-order valence-corrected chi connectivity index (χ4v) is 3.19. The monoisotopic (exact) mass is 318 g/mol. The van der Waals surface area contributed by atoms with Crippen molar-refractivity contribution in [3.63, 3.8) is 0 Å². The topological polar surface area (TPSA) is 55.6 Å². The van der Waals surface area contributed by atoms with Crippen LogP contribution in [0, 0.1) is 6.92 Å². The highest BCUT2D eigenvalue weighted by Crippen LogP contribution is 2.30. The van der Waals surface area contributed by atoms with Crippen molar-refractivity contribution in [2.75, 3.05) is 0 Å². The van der Waals surface area contributed by atoms with Gasteiger partial charge in [0.25, 0.3) is 0 Å². The smallest absolute Gasteiger partial charge is 0.328 e. The van der Waals surface area contributed by atoms with Crippen molar-refractivity contribution in [2.24, 2.45) is 14.1 Å². The van der Waals surface area contributed by atoms with Crippen LogP contribution in [0.4, 0.5) is 0 Å². The fraction of sp³-hybridized carbons (Fsp3) is 0.158. The first-order chi connectivity index (χ1) is 11.6. The van der Waals surface area contributed by atoms with Crippen LogP contribution < -0.4 is 5.69 Å². The summed E-state index contributed by atoms with van der Waals surface area (Å²) < 4.78 is 3.33. The summed E-state index contributed by atoms with van der Waals surface area (Å²) in [7, 11) is 3.58. The molecule has 120 valence electrons. The summed E-state index contributed by atoms with van der Waals surface area (Å²) in [6.07, 6.45) is 1.71. The van der Waals surface area contributed by atoms with E-state index in [1.807, 2.05) is 24.3 Å². The van der Waals surface area contributed by atoms with E-state index in [0.29, 0.717) is 0 Å². The van der Waals surface area contributed by atoms with Gasteiger partial charge in [-0.15, -0.1) is 0 Å². The molecule has 5 nitrogen and oxygen atoms in total. The van der Waals surface area contributed by atoms with Gasteiger partial charge < -0.3 is 4.98 Å². The number of H-pyrrole nitrogens is 1. The predicted molar refractivity (Wildman–Crippen MR) is 95.9 cm³/mol. The number of nitrogens with zero attached hydrogens (tertiary/aromatic N) is 3. The summed E-state index contributed by atoms with van der Waals surface area (Å²) in [4.78, 5) is 19.9. The van der Waals surface area contributed by atoms with Gasteiger partial charge in [0.1, 0.15) is 0 Å². The standard InChI is InChI=1S/C19H18N4O/c1-12-5-4-6-13(9-12)17-18(21-11-20-17)14-7-8-15-16(10-14)23(3)19(24)22(15)2/h4-11H,1-3H3,(H,20,21). The van der Waals surface area contributed by atoms with Crippen molar-refractivity contribution >= 4 is 11.0 Å². The molecule has 4 rings (SSSR count). The molecule has 2 aromatic heterocycles. The lowest BCUT2D eigenvalue weighted by atomic mass is 10.0. The van der Waals surface area contributed by atoms with Crippen molar-refractivity contribution in [1.82, 2.24) is 19.1 Å². The minimum Gasteiger partial charge on any atom is -0.344 e. The maximum atomic E-state index is 12.1. The van der Waals surface area contributed by atoms with Crippen LogP contribution in [0.1, 0.15) is 5.56 Å². The molecule has 1 N–H and O–H groups in total. The molecule has 0 bridgehead atoms. The van der Waals surface area contributed by atoms with Gasteiger partial charge in [-0.05, 0) is 25.1 Å². The second kappa shape index (κ2) is 5.23. The zero-order valence-electron chi connectivity index (χ0n) is 13.9. The summed E-state index contributed by atoms with van der Waals surface area (Å²) in [5.41, 5.74) is 6.96. The van der Waals surface area contributed by atoms with E-state index < -0.39 is 0 Å². The number of benzene rings is 2. The van der Waals surface area contributed by atoms with Gasteiger partial charge in [0.2, 0.25) is 0 Å². The SMILES string of the molecule is Cc1cccc(-c2nc[nH]c2-c2ccc3c(c2)n(C)c(=O)n3C)c1. The Labute approximate surface area is 139 Å². The van der Waals surface area contributed by atoms with Crippen LogP contribution in [0.2, 0.25) is 0 Å². The van der Waals surface area contributed by atoms with E-state index in [9.17, 15) is 4.79 Å². The van der Waals surface area contributed by atoms with Gasteiger partial charge in [-0.3, -0.25) is 9.13 Å². The van der Waals surface area contributed by atoms with Crippen LogP contribution in [-0.4, -0.2) is 19.1 Å². The molecule has 4 aromatic rings. The van der Waals surface area contributed by atoms with Crippen LogP contribution in [0.3, 0.4) is 0 Å². The Balaban J connectivity index is 1.92. The number of hydrogen-bond donors (Lipinski definition) is 1. The summed E-state index contributed by atoms with van der Waals surface area (Å²) in [5.74, 6) is 0. The van der Waals surface area contributed by atoms with Gasteiger partial charge in [0.05, 0.1) is 28.7 Å². The van der Waals surface area contributed by atoms with Gasteiger partial charge in [-0.2, -0.15) is 0 Å². The number of rotatable bonds is 2. The highest BCUT2D eigenvalue weighted by Gasteiger charge is 2.14. The second-order valence-electron chi connectivity index (χ2n) is 6.10. The van der Waals surface area contributed by atoms with Gasteiger partial charge in [-0.25, -0.2) is 9.78 Å². The van der Waals surface area contributed by atoms with Gasteiger partial charge in [-0.1, -0.05) is 29.8 Å². The average Bonchev–Trinajstić information content (AvgIpc) is 3.15. The fourth-order valence-electron chi connectivity index (χ4n) is 3.19. The second-order valence-corrected chi connectivity index (χ2v) is 6.10. The van der Waals surface area contributed by atoms with Crippen molar-refractivity contribution < 1.29 is 0 Å². The molecular weight excluding hydrogens is 300 g/mol. The number of aromatic amines is 1. The van der Waals surface area contributed by atoms with Crippen LogP contribution in [0.15, 0.2) is 53.6 Å². The lowest BCUT2D eigenvalue weighted by molar-refractivity contribution is 0.795. The Bertz CT molecular complexity index is 1110. The van der Waals surface area contributed by atoms with Crippen LogP contribution in [0.25, 0.3) is 33.5 Å². The van der Waals surface area contributed by atoms with E-state index in [0.717, 1.165) is 33.5 Å². The van der Waals surface area contributed by atoms with E-state index in [-0.39, 0.29) is 5.69 Å². The summed E-state index contributed by atoms with van der Waals surface area (Å²) in [6.45, 7) is 2.07. The molecule has 0 saturated heterocycles. The van der Waals surface area contributed by atoms with Crippen LogP contribution in [-0.2, 0) is 14.1 Å². The molecule has 0 aliphatic carbocycles. The van der Waals surface area contributed by atoms with Gasteiger partial charge >= 0.3 is 5.69 Å².